The normalized spacial score (nSPS) is 14.1. The van der Waals surface area contributed by atoms with Gasteiger partial charge in [-0.25, -0.2) is 4.79 Å². The van der Waals surface area contributed by atoms with Gasteiger partial charge in [0.15, 0.2) is 12.1 Å². The van der Waals surface area contributed by atoms with Crippen molar-refractivity contribution < 1.29 is 38.2 Å². The monoisotopic (exact) mass is 873 g/mol. The first-order valence-corrected chi connectivity index (χ1v) is 23.8. The number of allylic oxidation sites excluding steroid dienone is 22. The fourth-order valence-corrected chi connectivity index (χ4v) is 6.09. The Morgan fingerprint density at radius 2 is 0.921 bits per heavy atom. The van der Waals surface area contributed by atoms with E-state index in [0.717, 1.165) is 96.3 Å². The summed E-state index contributed by atoms with van der Waals surface area (Å²) in [7, 11) is 5.49. The van der Waals surface area contributed by atoms with Crippen LogP contribution in [0.3, 0.4) is 0 Å². The van der Waals surface area contributed by atoms with E-state index in [9.17, 15) is 19.5 Å². The second kappa shape index (κ2) is 44.1. The van der Waals surface area contributed by atoms with Gasteiger partial charge in [-0.05, 0) is 77.0 Å². The minimum atomic E-state index is -0.891. The number of nitrogens with zero attached hydrogens (tertiary/aromatic N) is 1. The zero-order valence-electron chi connectivity index (χ0n) is 40.0. The number of carboxylic acid groups (broad SMARTS) is 1. The molecule has 0 saturated heterocycles. The smallest absolute Gasteiger partial charge is 0.362 e. The molecule has 8 heteroatoms. The summed E-state index contributed by atoms with van der Waals surface area (Å²) in [6, 6.07) is -0.635. The second-order valence-electron chi connectivity index (χ2n) is 16.4. The Kier molecular flexibility index (Phi) is 40.9. The fourth-order valence-electron chi connectivity index (χ4n) is 6.09. The third kappa shape index (κ3) is 42.5. The van der Waals surface area contributed by atoms with Crippen LogP contribution in [0.25, 0.3) is 0 Å². The number of hydrogen-bond acceptors (Lipinski definition) is 6. The summed E-state index contributed by atoms with van der Waals surface area (Å²) in [6.07, 6.45) is 63.5. The van der Waals surface area contributed by atoms with Crippen molar-refractivity contribution in [2.75, 3.05) is 41.0 Å². The van der Waals surface area contributed by atoms with Crippen LogP contribution in [-0.2, 0) is 28.6 Å². The van der Waals surface area contributed by atoms with Crippen molar-refractivity contribution in [3.05, 3.63) is 134 Å². The van der Waals surface area contributed by atoms with Gasteiger partial charge in [0.25, 0.3) is 0 Å². The molecule has 0 aliphatic carbocycles. The van der Waals surface area contributed by atoms with Gasteiger partial charge in [0.2, 0.25) is 0 Å². The van der Waals surface area contributed by atoms with Crippen LogP contribution < -0.4 is 0 Å². The van der Waals surface area contributed by atoms with E-state index in [1.54, 1.807) is 0 Å². The van der Waals surface area contributed by atoms with Gasteiger partial charge >= 0.3 is 17.9 Å². The van der Waals surface area contributed by atoms with Crippen molar-refractivity contribution >= 4 is 17.9 Å². The highest BCUT2D eigenvalue weighted by Crippen LogP contribution is 2.13. The van der Waals surface area contributed by atoms with E-state index >= 15 is 0 Å². The Bertz CT molecular complexity index is 1480. The Morgan fingerprint density at radius 3 is 1.44 bits per heavy atom. The Balaban J connectivity index is 4.44. The van der Waals surface area contributed by atoms with Gasteiger partial charge in [-0.2, -0.15) is 0 Å². The first-order valence-electron chi connectivity index (χ1n) is 23.8. The summed E-state index contributed by atoms with van der Waals surface area (Å²) in [4.78, 5) is 37.1. The van der Waals surface area contributed by atoms with E-state index in [1.807, 2.05) is 81.9 Å². The largest absolute Gasteiger partial charge is 0.477 e. The molecule has 0 rings (SSSR count). The van der Waals surface area contributed by atoms with Crippen molar-refractivity contribution in [3.8, 4) is 0 Å². The minimum Gasteiger partial charge on any atom is -0.477 e. The predicted molar refractivity (Wildman–Crippen MR) is 265 cm³/mol. The summed E-state index contributed by atoms with van der Waals surface area (Å²) in [6.45, 7) is 4.38. The lowest BCUT2D eigenvalue weighted by atomic mass is 10.1. The zero-order chi connectivity index (χ0) is 46.3. The lowest BCUT2D eigenvalue weighted by Crippen LogP contribution is -2.50. The van der Waals surface area contributed by atoms with Gasteiger partial charge in [0, 0.05) is 19.3 Å². The Morgan fingerprint density at radius 1 is 0.492 bits per heavy atom. The van der Waals surface area contributed by atoms with Crippen molar-refractivity contribution in [1.29, 1.82) is 0 Å². The van der Waals surface area contributed by atoms with Gasteiger partial charge in [0.1, 0.15) is 6.61 Å². The molecule has 352 valence electrons. The molecule has 63 heavy (non-hydrogen) atoms. The number of unbranched alkanes of at least 4 members (excludes halogenated alkanes) is 9. The molecule has 0 fully saturated rings. The van der Waals surface area contributed by atoms with Crippen LogP contribution in [0.5, 0.6) is 0 Å². The highest BCUT2D eigenvalue weighted by molar-refractivity contribution is 5.72. The van der Waals surface area contributed by atoms with Gasteiger partial charge in [-0.15, -0.1) is 0 Å². The first-order chi connectivity index (χ1) is 30.6. The van der Waals surface area contributed by atoms with Gasteiger partial charge in [-0.1, -0.05) is 180 Å². The Labute approximate surface area is 383 Å². The minimum absolute atomic E-state index is 0.0297. The van der Waals surface area contributed by atoms with Crippen LogP contribution in [0, 0.1) is 0 Å². The molecule has 0 spiro atoms. The average molecular weight is 873 g/mol. The van der Waals surface area contributed by atoms with E-state index < -0.39 is 18.1 Å². The molecular weight excluding hydrogens is 787 g/mol. The van der Waals surface area contributed by atoms with Crippen LogP contribution in [-0.4, -0.2) is 80.6 Å². The summed E-state index contributed by atoms with van der Waals surface area (Å²) in [5.41, 5.74) is 0. The van der Waals surface area contributed by atoms with Gasteiger partial charge in [-0.3, -0.25) is 9.59 Å². The maximum Gasteiger partial charge on any atom is 0.362 e. The van der Waals surface area contributed by atoms with Crippen LogP contribution >= 0.6 is 0 Å². The standard InChI is InChI=1S/C55H85NO7/c1-6-8-10-12-14-16-18-20-22-24-25-26-27-28-30-32-34-36-38-40-42-44-46-54(58)63-51(49-61-48-47-52(55(59)60)56(3,4)5)50-62-53(57)45-43-41-39-37-35-33-31-29-23-21-19-17-15-13-11-9-7-2/h8-11,13-17,19-23,25-26,28-31,33,35,51-52H,6-7,12,18,24,27,32,34,36-50H2,1-5H3/p+1/b10-8+,11-9+,15-13+,16-14+,19-17+,22-20+,23-21+,26-25+,30-28+,31-29+,35-33+. The molecule has 0 aromatic rings. The summed E-state index contributed by atoms with van der Waals surface area (Å²) >= 11 is 0. The molecule has 2 unspecified atom stereocenters. The molecule has 1 N–H and O–H groups in total. The SMILES string of the molecule is CC/C=C/C=C/C=C/C=C/C=C/C=C/CCCCCC(=O)OCC(COCCC(C(=O)O)[N+](C)(C)C)OC(=O)CCCCCCCC/C=C/C/C=C/C/C=C/C/C=C/C/C=C/CC. The molecule has 0 saturated carbocycles. The highest BCUT2D eigenvalue weighted by Gasteiger charge is 2.31. The molecule has 0 aromatic carbocycles. The topological polar surface area (TPSA) is 99.1 Å². The number of ether oxygens (including phenoxy) is 3. The Hall–Kier alpha value is -4.53. The number of esters is 2. The summed E-state index contributed by atoms with van der Waals surface area (Å²) in [5.74, 6) is -1.56. The van der Waals surface area contributed by atoms with Gasteiger partial charge in [0.05, 0.1) is 34.4 Å². The molecule has 0 aliphatic heterocycles. The van der Waals surface area contributed by atoms with E-state index in [1.165, 1.54) is 6.42 Å². The molecule has 0 aliphatic rings. The number of quaternary nitrogens is 1. The van der Waals surface area contributed by atoms with Crippen molar-refractivity contribution in [3.63, 3.8) is 0 Å². The van der Waals surface area contributed by atoms with Gasteiger partial charge < -0.3 is 23.8 Å². The third-order valence-corrected chi connectivity index (χ3v) is 9.71. The van der Waals surface area contributed by atoms with Crippen molar-refractivity contribution in [2.45, 2.75) is 154 Å². The van der Waals surface area contributed by atoms with E-state index in [-0.39, 0.29) is 36.2 Å². The quantitative estimate of drug-likeness (QED) is 0.0215. The van der Waals surface area contributed by atoms with Crippen molar-refractivity contribution in [1.82, 2.24) is 0 Å². The first kappa shape index (κ1) is 58.5. The molecule has 0 bridgehead atoms. The second-order valence-corrected chi connectivity index (χ2v) is 16.4. The predicted octanol–water partition coefficient (Wildman–Crippen LogP) is 13.6. The molecule has 0 heterocycles. The van der Waals surface area contributed by atoms with Crippen LogP contribution in [0.15, 0.2) is 134 Å². The van der Waals surface area contributed by atoms with Crippen LogP contribution in [0.4, 0.5) is 0 Å². The highest BCUT2D eigenvalue weighted by atomic mass is 16.6. The molecule has 8 nitrogen and oxygen atoms in total. The van der Waals surface area contributed by atoms with Crippen molar-refractivity contribution in [2.24, 2.45) is 0 Å². The zero-order valence-corrected chi connectivity index (χ0v) is 40.0. The number of carboxylic acids is 1. The maximum atomic E-state index is 12.8. The molecule has 0 aromatic heterocycles. The van der Waals surface area contributed by atoms with E-state index in [4.69, 9.17) is 14.2 Å². The number of rotatable bonds is 40. The maximum absolute atomic E-state index is 12.8. The van der Waals surface area contributed by atoms with E-state index in [2.05, 4.69) is 86.8 Å². The van der Waals surface area contributed by atoms with Crippen LogP contribution in [0.2, 0.25) is 0 Å². The number of carbonyl (C=O) groups excluding carboxylic acids is 2. The molecular formula is C55H86NO7+. The number of carbonyl (C=O) groups is 3. The fraction of sp³-hybridized carbons (Fsp3) is 0.545. The number of likely N-dealkylation sites (N-methyl/N-ethyl adjacent to an activating group) is 1. The summed E-state index contributed by atoms with van der Waals surface area (Å²) in [5, 5.41) is 9.64. The van der Waals surface area contributed by atoms with E-state index in [0.29, 0.717) is 25.7 Å². The average Bonchev–Trinajstić information content (AvgIpc) is 3.24. The lowest BCUT2D eigenvalue weighted by Gasteiger charge is -2.31. The summed E-state index contributed by atoms with van der Waals surface area (Å²) < 4.78 is 17.2. The molecule has 0 amide bonds. The molecule has 0 radical (unpaired) electrons. The molecule has 2 atom stereocenters. The number of hydrogen-bond donors (Lipinski definition) is 1. The number of aliphatic carboxylic acids is 1. The lowest BCUT2D eigenvalue weighted by molar-refractivity contribution is -0.887. The van der Waals surface area contributed by atoms with Crippen LogP contribution in [0.1, 0.15) is 142 Å². The third-order valence-electron chi connectivity index (χ3n) is 9.71.